The van der Waals surface area contributed by atoms with Gasteiger partial charge in [-0.15, -0.1) is 0 Å². The maximum Gasteiger partial charge on any atom is 0.0612 e. The molecule has 2 aliphatic heterocycles. The quantitative estimate of drug-likeness (QED) is 0.459. The first-order valence-corrected chi connectivity index (χ1v) is 10.4. The summed E-state index contributed by atoms with van der Waals surface area (Å²) < 4.78 is 6.21. The molecule has 2 aliphatic rings. The van der Waals surface area contributed by atoms with E-state index in [2.05, 4.69) is 18.2 Å². The molecule has 144 valence electrons. The molecule has 1 aromatic carbocycles. The van der Waals surface area contributed by atoms with Crippen molar-refractivity contribution in [2.75, 3.05) is 6.61 Å². The van der Waals surface area contributed by atoms with Crippen LogP contribution in [0.5, 0.6) is 0 Å². The summed E-state index contributed by atoms with van der Waals surface area (Å²) in [4.78, 5) is 0. The van der Waals surface area contributed by atoms with Crippen molar-refractivity contribution < 1.29 is 14.9 Å². The summed E-state index contributed by atoms with van der Waals surface area (Å²) in [5, 5.41) is 19.2. The molecule has 2 heterocycles. The molecule has 2 bridgehead atoms. The maximum absolute atomic E-state index is 10.4. The van der Waals surface area contributed by atoms with Crippen molar-refractivity contribution in [3.63, 3.8) is 0 Å². The first kappa shape index (κ1) is 19.6. The van der Waals surface area contributed by atoms with Crippen LogP contribution >= 0.6 is 0 Å². The van der Waals surface area contributed by atoms with Crippen molar-refractivity contribution in [3.05, 3.63) is 48.0 Å². The Kier molecular flexibility index (Phi) is 7.72. The average molecular weight is 359 g/mol. The summed E-state index contributed by atoms with van der Waals surface area (Å²) in [5.74, 6) is 1.31. The lowest BCUT2D eigenvalue weighted by Crippen LogP contribution is -2.28. The van der Waals surface area contributed by atoms with E-state index >= 15 is 0 Å². The summed E-state index contributed by atoms with van der Waals surface area (Å²) >= 11 is 0. The van der Waals surface area contributed by atoms with Gasteiger partial charge in [-0.1, -0.05) is 48.9 Å². The van der Waals surface area contributed by atoms with E-state index in [9.17, 15) is 5.11 Å². The van der Waals surface area contributed by atoms with Crippen LogP contribution in [-0.4, -0.2) is 35.1 Å². The molecule has 1 aromatic rings. The molecule has 3 rings (SSSR count). The Morgan fingerprint density at radius 3 is 2.46 bits per heavy atom. The Labute approximate surface area is 158 Å². The van der Waals surface area contributed by atoms with Crippen LogP contribution in [0.4, 0.5) is 0 Å². The van der Waals surface area contributed by atoms with Gasteiger partial charge in [-0.3, -0.25) is 0 Å². The van der Waals surface area contributed by atoms with Crippen LogP contribution in [0.25, 0.3) is 0 Å². The molecular weight excluding hydrogens is 324 g/mol. The van der Waals surface area contributed by atoms with E-state index in [1.54, 1.807) is 0 Å². The Morgan fingerprint density at radius 1 is 1.00 bits per heavy atom. The predicted octanol–water partition coefficient (Wildman–Crippen LogP) is 4.27. The highest BCUT2D eigenvalue weighted by molar-refractivity contribution is 5.15. The fourth-order valence-corrected chi connectivity index (χ4v) is 4.88. The van der Waals surface area contributed by atoms with Crippen molar-refractivity contribution >= 4 is 0 Å². The number of hydrogen-bond acceptors (Lipinski definition) is 3. The van der Waals surface area contributed by atoms with Crippen LogP contribution < -0.4 is 0 Å². The van der Waals surface area contributed by atoms with Gasteiger partial charge >= 0.3 is 0 Å². The Bertz CT molecular complexity index is 542. The molecule has 0 aliphatic carbocycles. The smallest absolute Gasteiger partial charge is 0.0612 e. The van der Waals surface area contributed by atoms with Gasteiger partial charge in [0.25, 0.3) is 0 Å². The summed E-state index contributed by atoms with van der Waals surface area (Å²) in [5.41, 5.74) is 1.22. The molecular formula is C23H34O3. The van der Waals surface area contributed by atoms with Crippen LogP contribution in [0, 0.1) is 11.8 Å². The molecule has 2 saturated heterocycles. The van der Waals surface area contributed by atoms with Crippen LogP contribution in [0.2, 0.25) is 0 Å². The SMILES string of the molecule is OCC=CCCCCC1[C@@H]2CC[C@H](O2)[C@H]1CCC(O)Cc1ccccc1. The summed E-state index contributed by atoms with van der Waals surface area (Å²) in [7, 11) is 0. The minimum atomic E-state index is -0.249. The summed E-state index contributed by atoms with van der Waals surface area (Å²) in [6.07, 6.45) is 14.4. The Morgan fingerprint density at radius 2 is 1.73 bits per heavy atom. The van der Waals surface area contributed by atoms with Crippen LogP contribution in [0.3, 0.4) is 0 Å². The third-order valence-corrected chi connectivity index (χ3v) is 6.17. The van der Waals surface area contributed by atoms with Crippen molar-refractivity contribution in [2.24, 2.45) is 11.8 Å². The molecule has 3 nitrogen and oxygen atoms in total. The Hall–Kier alpha value is -1.16. The van der Waals surface area contributed by atoms with Gasteiger partial charge < -0.3 is 14.9 Å². The molecule has 0 radical (unpaired) electrons. The summed E-state index contributed by atoms with van der Waals surface area (Å²) in [6, 6.07) is 10.3. The minimum Gasteiger partial charge on any atom is -0.393 e. The van der Waals surface area contributed by atoms with Crippen molar-refractivity contribution in [1.82, 2.24) is 0 Å². The van der Waals surface area contributed by atoms with Gasteiger partial charge in [0, 0.05) is 0 Å². The second-order valence-corrected chi connectivity index (χ2v) is 7.98. The van der Waals surface area contributed by atoms with E-state index in [0.29, 0.717) is 24.0 Å². The number of aliphatic hydroxyl groups excluding tert-OH is 2. The molecule has 0 amide bonds. The van der Waals surface area contributed by atoms with Crippen molar-refractivity contribution in [2.45, 2.75) is 76.1 Å². The first-order chi connectivity index (χ1) is 12.8. The molecule has 0 saturated carbocycles. The zero-order chi connectivity index (χ0) is 18.2. The van der Waals surface area contributed by atoms with Gasteiger partial charge in [0.1, 0.15) is 0 Å². The van der Waals surface area contributed by atoms with Gasteiger partial charge in [0.15, 0.2) is 0 Å². The lowest BCUT2D eigenvalue weighted by Gasteiger charge is -2.28. The van der Waals surface area contributed by atoms with E-state index in [1.807, 2.05) is 24.3 Å². The number of fused-ring (bicyclic) bond motifs is 2. The van der Waals surface area contributed by atoms with Crippen LogP contribution in [0.1, 0.15) is 56.9 Å². The number of rotatable bonds is 11. The number of aliphatic hydroxyl groups is 2. The van der Waals surface area contributed by atoms with Gasteiger partial charge in [0.05, 0.1) is 24.9 Å². The third-order valence-electron chi connectivity index (χ3n) is 6.17. The van der Waals surface area contributed by atoms with Crippen LogP contribution in [-0.2, 0) is 11.2 Å². The average Bonchev–Trinajstić information content (AvgIpc) is 3.25. The van der Waals surface area contributed by atoms with Crippen molar-refractivity contribution in [3.8, 4) is 0 Å². The molecule has 0 spiro atoms. The minimum absolute atomic E-state index is 0.146. The zero-order valence-corrected chi connectivity index (χ0v) is 15.8. The zero-order valence-electron chi connectivity index (χ0n) is 15.8. The summed E-state index contributed by atoms with van der Waals surface area (Å²) in [6.45, 7) is 0.146. The monoisotopic (exact) mass is 358 g/mol. The lowest BCUT2D eigenvalue weighted by molar-refractivity contribution is 0.0831. The van der Waals surface area contributed by atoms with Crippen LogP contribution in [0.15, 0.2) is 42.5 Å². The highest BCUT2D eigenvalue weighted by atomic mass is 16.5. The van der Waals surface area contributed by atoms with Gasteiger partial charge in [-0.2, -0.15) is 0 Å². The second-order valence-electron chi connectivity index (χ2n) is 7.98. The highest BCUT2D eigenvalue weighted by Crippen LogP contribution is 2.47. The number of ether oxygens (including phenoxy) is 1. The topological polar surface area (TPSA) is 49.7 Å². The van der Waals surface area contributed by atoms with E-state index in [4.69, 9.17) is 9.84 Å². The molecule has 0 aromatic heterocycles. The molecule has 26 heavy (non-hydrogen) atoms. The van der Waals surface area contributed by atoms with E-state index in [1.165, 1.54) is 37.7 Å². The lowest BCUT2D eigenvalue weighted by atomic mass is 9.74. The number of allylic oxidation sites excluding steroid dienone is 1. The van der Waals surface area contributed by atoms with Gasteiger partial charge in [-0.05, 0) is 68.8 Å². The molecule has 2 unspecified atom stereocenters. The standard InChI is InChI=1S/C23H34O3/c24-16-8-3-1-2-7-11-20-21(23-15-14-22(20)26-23)13-12-19(25)17-18-9-5-4-6-10-18/h3-6,8-10,19-25H,1-2,7,11-17H2/t19?,20?,21-,22-,23-/m0/s1. The maximum atomic E-state index is 10.4. The number of unbranched alkanes of at least 4 members (excludes halogenated alkanes) is 2. The number of hydrogen-bond donors (Lipinski definition) is 2. The Balaban J connectivity index is 1.42. The normalized spacial score (nSPS) is 28.8. The van der Waals surface area contributed by atoms with E-state index in [0.717, 1.165) is 25.7 Å². The van der Waals surface area contributed by atoms with Gasteiger partial charge in [0.2, 0.25) is 0 Å². The van der Waals surface area contributed by atoms with E-state index < -0.39 is 0 Å². The highest BCUT2D eigenvalue weighted by Gasteiger charge is 2.47. The second kappa shape index (κ2) is 10.2. The van der Waals surface area contributed by atoms with E-state index in [-0.39, 0.29) is 12.7 Å². The third kappa shape index (κ3) is 5.42. The molecule has 2 fully saturated rings. The first-order valence-electron chi connectivity index (χ1n) is 10.4. The van der Waals surface area contributed by atoms with Gasteiger partial charge in [-0.25, -0.2) is 0 Å². The van der Waals surface area contributed by atoms with Crippen molar-refractivity contribution in [1.29, 1.82) is 0 Å². The molecule has 2 N–H and O–H groups in total. The molecule has 3 heteroatoms. The fourth-order valence-electron chi connectivity index (χ4n) is 4.88. The predicted molar refractivity (Wildman–Crippen MR) is 105 cm³/mol. The number of benzene rings is 1. The fraction of sp³-hybridized carbons (Fsp3) is 0.652. The largest absolute Gasteiger partial charge is 0.393 e. The molecule has 5 atom stereocenters.